The molecule has 1 aliphatic carbocycles. The van der Waals surface area contributed by atoms with Crippen molar-refractivity contribution in [3.63, 3.8) is 0 Å². The van der Waals surface area contributed by atoms with Gasteiger partial charge in [0.05, 0.1) is 6.10 Å². The van der Waals surface area contributed by atoms with Crippen molar-refractivity contribution in [3.05, 3.63) is 29.6 Å². The molecule has 3 atom stereocenters. The molecule has 2 nitrogen and oxygen atoms in total. The monoisotopic (exact) mass is 292 g/mol. The number of hydrogen-bond donors (Lipinski definition) is 1. The van der Waals surface area contributed by atoms with Crippen LogP contribution in [0.15, 0.2) is 18.2 Å². The Balaban J connectivity index is 1.79. The lowest BCUT2D eigenvalue weighted by Crippen LogP contribution is -2.40. The summed E-state index contributed by atoms with van der Waals surface area (Å²) in [6.45, 7) is 2.24. The third-order valence-corrected chi connectivity index (χ3v) is 5.17. The van der Waals surface area contributed by atoms with Gasteiger partial charge >= 0.3 is 0 Å². The van der Waals surface area contributed by atoms with Crippen LogP contribution in [-0.2, 0) is 0 Å². The maximum atomic E-state index is 13.3. The van der Waals surface area contributed by atoms with Crippen molar-refractivity contribution in [2.45, 2.75) is 70.0 Å². The molecule has 0 saturated heterocycles. The first-order chi connectivity index (χ1) is 10.1. The number of benzene rings is 1. The van der Waals surface area contributed by atoms with Crippen LogP contribution >= 0.6 is 0 Å². The Kier molecular flexibility index (Phi) is 4.21. The molecule has 0 bridgehead atoms. The van der Waals surface area contributed by atoms with Crippen LogP contribution in [-0.4, -0.2) is 10.7 Å². The number of halogens is 1. The molecule has 21 heavy (non-hydrogen) atoms. The smallest absolute Gasteiger partial charge is 0.126 e. The summed E-state index contributed by atoms with van der Waals surface area (Å²) in [7, 11) is 0. The molecule has 3 rings (SSSR count). The van der Waals surface area contributed by atoms with Crippen LogP contribution in [0.3, 0.4) is 0 Å². The Morgan fingerprint density at radius 1 is 1.33 bits per heavy atom. The van der Waals surface area contributed by atoms with Crippen LogP contribution < -0.4 is 4.74 Å². The maximum Gasteiger partial charge on any atom is 0.126 e. The molecule has 0 aromatic heterocycles. The molecule has 0 amide bonds. The van der Waals surface area contributed by atoms with Gasteiger partial charge in [0.1, 0.15) is 17.2 Å². The molecule has 2 aliphatic rings. The second-order valence-electron chi connectivity index (χ2n) is 6.77. The van der Waals surface area contributed by atoms with Crippen LogP contribution in [0.25, 0.3) is 0 Å². The second-order valence-corrected chi connectivity index (χ2v) is 6.77. The molecular weight excluding hydrogens is 267 g/mol. The van der Waals surface area contributed by atoms with Crippen molar-refractivity contribution >= 4 is 0 Å². The largest absolute Gasteiger partial charge is 0.487 e. The highest BCUT2D eigenvalue weighted by molar-refractivity contribution is 5.38. The molecule has 1 fully saturated rings. The maximum absolute atomic E-state index is 13.3. The van der Waals surface area contributed by atoms with E-state index in [1.54, 1.807) is 6.07 Å². The molecule has 3 heteroatoms. The van der Waals surface area contributed by atoms with E-state index in [0.717, 1.165) is 25.2 Å². The number of aliphatic hydroxyl groups excluding tert-OH is 1. The molecule has 1 heterocycles. The summed E-state index contributed by atoms with van der Waals surface area (Å²) in [5.41, 5.74) is 0.363. The molecule has 1 saturated carbocycles. The Bertz CT molecular complexity index is 502. The Morgan fingerprint density at radius 2 is 2.19 bits per heavy atom. The second kappa shape index (κ2) is 5.96. The lowest BCUT2D eigenvalue weighted by Gasteiger charge is -2.40. The molecular formula is C18H25FO2. The molecule has 0 radical (unpaired) electrons. The van der Waals surface area contributed by atoms with Crippen LogP contribution in [0, 0.1) is 11.7 Å². The van der Waals surface area contributed by atoms with E-state index >= 15 is 0 Å². The zero-order chi connectivity index (χ0) is 14.9. The van der Waals surface area contributed by atoms with E-state index in [9.17, 15) is 9.50 Å². The Labute approximate surface area is 126 Å². The minimum Gasteiger partial charge on any atom is -0.487 e. The van der Waals surface area contributed by atoms with Gasteiger partial charge in [-0.2, -0.15) is 0 Å². The zero-order valence-corrected chi connectivity index (χ0v) is 12.8. The summed E-state index contributed by atoms with van der Waals surface area (Å²) in [4.78, 5) is 0. The zero-order valence-electron chi connectivity index (χ0n) is 12.8. The summed E-state index contributed by atoms with van der Waals surface area (Å²) in [6, 6.07) is 4.49. The van der Waals surface area contributed by atoms with Crippen LogP contribution in [0.4, 0.5) is 4.39 Å². The average Bonchev–Trinajstić information content (AvgIpc) is 2.64. The molecule has 1 aromatic rings. The van der Waals surface area contributed by atoms with Gasteiger partial charge in [-0.3, -0.25) is 0 Å². The number of ether oxygens (including phenoxy) is 1. The average molecular weight is 292 g/mol. The van der Waals surface area contributed by atoms with Gasteiger partial charge in [-0.1, -0.05) is 26.2 Å². The normalized spacial score (nSPS) is 32.3. The van der Waals surface area contributed by atoms with Gasteiger partial charge in [-0.25, -0.2) is 4.39 Å². The SMILES string of the molecule is CCCC1CCCC2(CC1)CC(O)c1cc(F)ccc1O2. The molecule has 1 N–H and O–H groups in total. The topological polar surface area (TPSA) is 29.5 Å². The van der Waals surface area contributed by atoms with Gasteiger partial charge in [0.25, 0.3) is 0 Å². The highest BCUT2D eigenvalue weighted by atomic mass is 19.1. The first-order valence-electron chi connectivity index (χ1n) is 8.28. The van der Waals surface area contributed by atoms with Crippen molar-refractivity contribution < 1.29 is 14.2 Å². The molecule has 1 aliphatic heterocycles. The molecule has 3 unspecified atom stereocenters. The van der Waals surface area contributed by atoms with Gasteiger partial charge in [-0.05, 0) is 49.8 Å². The quantitative estimate of drug-likeness (QED) is 0.851. The van der Waals surface area contributed by atoms with Crippen LogP contribution in [0.5, 0.6) is 5.75 Å². The van der Waals surface area contributed by atoms with Gasteiger partial charge in [0, 0.05) is 12.0 Å². The van der Waals surface area contributed by atoms with E-state index < -0.39 is 6.10 Å². The van der Waals surface area contributed by atoms with Crippen molar-refractivity contribution in [1.29, 1.82) is 0 Å². The molecule has 1 aromatic carbocycles. The Hall–Kier alpha value is -1.09. The van der Waals surface area contributed by atoms with Gasteiger partial charge < -0.3 is 9.84 Å². The lowest BCUT2D eigenvalue weighted by molar-refractivity contribution is -0.0253. The third-order valence-electron chi connectivity index (χ3n) is 5.17. The Morgan fingerprint density at radius 3 is 3.00 bits per heavy atom. The standard InChI is InChI=1S/C18H25FO2/c1-2-4-13-5-3-9-18(10-8-13)12-16(20)15-11-14(19)6-7-17(15)21-18/h6-7,11,13,16,20H,2-5,8-10,12H2,1H3. The molecule has 116 valence electrons. The first kappa shape index (κ1) is 14.8. The summed E-state index contributed by atoms with van der Waals surface area (Å²) in [6.07, 6.45) is 8.14. The van der Waals surface area contributed by atoms with Crippen molar-refractivity contribution in [1.82, 2.24) is 0 Å². The van der Waals surface area contributed by atoms with Crippen LogP contribution in [0.1, 0.15) is 70.0 Å². The summed E-state index contributed by atoms with van der Waals surface area (Å²) >= 11 is 0. The van der Waals surface area contributed by atoms with Gasteiger partial charge in [0.2, 0.25) is 0 Å². The lowest BCUT2D eigenvalue weighted by atomic mass is 9.83. The predicted molar refractivity (Wildman–Crippen MR) is 80.8 cm³/mol. The number of rotatable bonds is 2. The minimum atomic E-state index is -0.604. The highest BCUT2D eigenvalue weighted by Gasteiger charge is 2.41. The molecule has 1 spiro atoms. The van der Waals surface area contributed by atoms with Gasteiger partial charge in [0.15, 0.2) is 0 Å². The predicted octanol–water partition coefficient (Wildman–Crippen LogP) is 4.76. The van der Waals surface area contributed by atoms with Crippen molar-refractivity contribution in [2.75, 3.05) is 0 Å². The van der Waals surface area contributed by atoms with E-state index in [0.29, 0.717) is 17.7 Å². The van der Waals surface area contributed by atoms with E-state index in [1.165, 1.54) is 37.8 Å². The third kappa shape index (κ3) is 3.08. The van der Waals surface area contributed by atoms with E-state index in [1.807, 2.05) is 0 Å². The fourth-order valence-electron chi connectivity index (χ4n) is 4.06. The fraction of sp³-hybridized carbons (Fsp3) is 0.667. The number of aliphatic hydroxyl groups is 1. The number of fused-ring (bicyclic) bond motifs is 1. The van der Waals surface area contributed by atoms with E-state index in [4.69, 9.17) is 4.74 Å². The summed E-state index contributed by atoms with van der Waals surface area (Å²) in [5, 5.41) is 10.4. The van der Waals surface area contributed by atoms with Gasteiger partial charge in [-0.15, -0.1) is 0 Å². The minimum absolute atomic E-state index is 0.243. The highest BCUT2D eigenvalue weighted by Crippen LogP contribution is 2.46. The number of hydrogen-bond acceptors (Lipinski definition) is 2. The first-order valence-corrected chi connectivity index (χ1v) is 8.28. The van der Waals surface area contributed by atoms with E-state index in [2.05, 4.69) is 6.92 Å². The van der Waals surface area contributed by atoms with Crippen molar-refractivity contribution in [2.24, 2.45) is 5.92 Å². The summed E-state index contributed by atoms with van der Waals surface area (Å²) < 4.78 is 19.6. The van der Waals surface area contributed by atoms with Crippen molar-refractivity contribution in [3.8, 4) is 5.75 Å². The van der Waals surface area contributed by atoms with E-state index in [-0.39, 0.29) is 11.4 Å². The fourth-order valence-corrected chi connectivity index (χ4v) is 4.06. The van der Waals surface area contributed by atoms with Crippen LogP contribution in [0.2, 0.25) is 0 Å². The summed E-state index contributed by atoms with van der Waals surface area (Å²) in [5.74, 6) is 1.16.